The number of ether oxygens (including phenoxy) is 3. The number of rotatable bonds is 7. The first-order valence-corrected chi connectivity index (χ1v) is 9.79. The molecule has 0 aliphatic rings. The summed E-state index contributed by atoms with van der Waals surface area (Å²) in [6.07, 6.45) is 1.90. The van der Waals surface area contributed by atoms with Gasteiger partial charge in [-0.2, -0.15) is 0 Å². The molecule has 0 aliphatic carbocycles. The maximum Gasteiger partial charge on any atom is 0.273 e. The molecule has 0 unspecified atom stereocenters. The molecular formula is C20H24N2O5S. The lowest BCUT2D eigenvalue weighted by Crippen LogP contribution is -2.41. The standard InChI is InChI=1S/C20H24N2O5S/c1-12(2)27-16-9-6-13(10-18(16)26-4)19(23)21-22-20(24)15-8-7-14(28-5)11-17(15)25-3/h6-12H,1-5H3,(H,21,23)(H,22,24). The summed E-state index contributed by atoms with van der Waals surface area (Å²) in [5.74, 6) is 0.432. The Bertz CT molecular complexity index is 854. The van der Waals surface area contributed by atoms with E-state index in [4.69, 9.17) is 14.2 Å². The summed E-state index contributed by atoms with van der Waals surface area (Å²) in [4.78, 5) is 25.7. The molecular weight excluding hydrogens is 380 g/mol. The third-order valence-corrected chi connectivity index (χ3v) is 4.46. The molecule has 7 nitrogen and oxygen atoms in total. The van der Waals surface area contributed by atoms with Crippen LogP contribution in [0.2, 0.25) is 0 Å². The van der Waals surface area contributed by atoms with Crippen molar-refractivity contribution >= 4 is 23.6 Å². The summed E-state index contributed by atoms with van der Waals surface area (Å²) < 4.78 is 16.2. The Balaban J connectivity index is 2.08. The van der Waals surface area contributed by atoms with Gasteiger partial charge in [0, 0.05) is 10.5 Å². The van der Waals surface area contributed by atoms with Gasteiger partial charge in [0.05, 0.1) is 25.9 Å². The number of carbonyl (C=O) groups is 2. The predicted octanol–water partition coefficient (Wildman–Crippen LogP) is 3.29. The van der Waals surface area contributed by atoms with Crippen LogP contribution < -0.4 is 25.1 Å². The SMILES string of the molecule is COc1cc(C(=O)NNC(=O)c2ccc(SC)cc2OC)ccc1OC(C)C. The maximum atomic E-state index is 12.4. The van der Waals surface area contributed by atoms with E-state index in [-0.39, 0.29) is 6.10 Å². The first-order chi connectivity index (χ1) is 13.4. The van der Waals surface area contributed by atoms with E-state index in [0.29, 0.717) is 28.4 Å². The molecule has 0 fully saturated rings. The quantitative estimate of drug-likeness (QED) is 0.544. The Kier molecular flexibility index (Phi) is 7.57. The van der Waals surface area contributed by atoms with E-state index >= 15 is 0 Å². The van der Waals surface area contributed by atoms with Crippen molar-refractivity contribution in [1.82, 2.24) is 10.9 Å². The van der Waals surface area contributed by atoms with Gasteiger partial charge in [-0.25, -0.2) is 0 Å². The highest BCUT2D eigenvalue weighted by Gasteiger charge is 2.16. The van der Waals surface area contributed by atoms with E-state index in [2.05, 4.69) is 10.9 Å². The Labute approximate surface area is 168 Å². The Morgan fingerprint density at radius 3 is 2.18 bits per heavy atom. The molecule has 150 valence electrons. The largest absolute Gasteiger partial charge is 0.496 e. The van der Waals surface area contributed by atoms with Crippen LogP contribution in [-0.4, -0.2) is 38.4 Å². The molecule has 0 saturated heterocycles. The lowest BCUT2D eigenvalue weighted by atomic mass is 10.2. The van der Waals surface area contributed by atoms with Crippen LogP contribution in [0.25, 0.3) is 0 Å². The number of hydrogen-bond donors (Lipinski definition) is 2. The topological polar surface area (TPSA) is 85.9 Å². The van der Waals surface area contributed by atoms with Gasteiger partial charge in [-0.15, -0.1) is 11.8 Å². The molecule has 2 amide bonds. The van der Waals surface area contributed by atoms with E-state index in [1.165, 1.54) is 26.0 Å². The fraction of sp³-hybridized carbons (Fsp3) is 0.300. The highest BCUT2D eigenvalue weighted by molar-refractivity contribution is 7.98. The van der Waals surface area contributed by atoms with Gasteiger partial charge >= 0.3 is 0 Å². The van der Waals surface area contributed by atoms with Crippen molar-refractivity contribution in [3.05, 3.63) is 47.5 Å². The Hall–Kier alpha value is -2.87. The normalized spacial score (nSPS) is 10.4. The molecule has 0 radical (unpaired) electrons. The monoisotopic (exact) mass is 404 g/mol. The second-order valence-electron chi connectivity index (χ2n) is 6.01. The predicted molar refractivity (Wildman–Crippen MR) is 108 cm³/mol. The third kappa shape index (κ3) is 5.32. The van der Waals surface area contributed by atoms with Crippen molar-refractivity contribution in [3.8, 4) is 17.2 Å². The van der Waals surface area contributed by atoms with Gasteiger partial charge in [-0.05, 0) is 56.5 Å². The zero-order valence-electron chi connectivity index (χ0n) is 16.5. The molecule has 0 spiro atoms. The molecule has 0 saturated carbocycles. The fourth-order valence-electron chi connectivity index (χ4n) is 2.40. The van der Waals surface area contributed by atoms with Gasteiger partial charge in [0.25, 0.3) is 11.8 Å². The van der Waals surface area contributed by atoms with Gasteiger partial charge < -0.3 is 14.2 Å². The molecule has 0 bridgehead atoms. The molecule has 0 atom stereocenters. The molecule has 0 aromatic heterocycles. The van der Waals surface area contributed by atoms with Gasteiger partial charge in [0.15, 0.2) is 11.5 Å². The van der Waals surface area contributed by atoms with Crippen LogP contribution in [0.15, 0.2) is 41.3 Å². The van der Waals surface area contributed by atoms with Crippen LogP contribution in [-0.2, 0) is 0 Å². The molecule has 2 aromatic rings. The maximum absolute atomic E-state index is 12.4. The van der Waals surface area contributed by atoms with E-state index in [0.717, 1.165) is 4.90 Å². The average molecular weight is 404 g/mol. The van der Waals surface area contributed by atoms with Crippen LogP contribution in [0.5, 0.6) is 17.2 Å². The van der Waals surface area contributed by atoms with Crippen LogP contribution in [0.1, 0.15) is 34.6 Å². The third-order valence-electron chi connectivity index (χ3n) is 3.73. The highest BCUT2D eigenvalue weighted by atomic mass is 32.2. The molecule has 8 heteroatoms. The minimum Gasteiger partial charge on any atom is -0.496 e. The number of hydrogen-bond acceptors (Lipinski definition) is 6. The first-order valence-electron chi connectivity index (χ1n) is 8.57. The summed E-state index contributed by atoms with van der Waals surface area (Å²) in [6, 6.07) is 10.0. The summed E-state index contributed by atoms with van der Waals surface area (Å²) >= 11 is 1.54. The second kappa shape index (κ2) is 9.89. The summed E-state index contributed by atoms with van der Waals surface area (Å²) in [5, 5.41) is 0. The van der Waals surface area contributed by atoms with Crippen molar-refractivity contribution in [2.75, 3.05) is 20.5 Å². The van der Waals surface area contributed by atoms with Crippen LogP contribution in [0.4, 0.5) is 0 Å². The lowest BCUT2D eigenvalue weighted by molar-refractivity contribution is 0.0844. The van der Waals surface area contributed by atoms with Crippen molar-refractivity contribution < 1.29 is 23.8 Å². The summed E-state index contributed by atoms with van der Waals surface area (Å²) in [5.41, 5.74) is 5.43. The number of benzene rings is 2. The summed E-state index contributed by atoms with van der Waals surface area (Å²) in [6.45, 7) is 3.80. The number of carbonyl (C=O) groups excluding carboxylic acids is 2. The van der Waals surface area contributed by atoms with Gasteiger partial charge in [0.2, 0.25) is 0 Å². The molecule has 0 heterocycles. The van der Waals surface area contributed by atoms with Gasteiger partial charge in [0.1, 0.15) is 5.75 Å². The average Bonchev–Trinajstić information content (AvgIpc) is 2.70. The lowest BCUT2D eigenvalue weighted by Gasteiger charge is -2.15. The van der Waals surface area contributed by atoms with Crippen molar-refractivity contribution in [2.45, 2.75) is 24.8 Å². The minimum atomic E-state index is -0.484. The van der Waals surface area contributed by atoms with E-state index in [1.807, 2.05) is 26.2 Å². The van der Waals surface area contributed by atoms with E-state index in [1.54, 1.807) is 30.3 Å². The zero-order valence-corrected chi connectivity index (χ0v) is 17.3. The number of nitrogens with one attached hydrogen (secondary N) is 2. The Morgan fingerprint density at radius 2 is 1.57 bits per heavy atom. The molecule has 28 heavy (non-hydrogen) atoms. The van der Waals surface area contributed by atoms with Crippen LogP contribution in [0.3, 0.4) is 0 Å². The summed E-state index contributed by atoms with van der Waals surface area (Å²) in [7, 11) is 2.98. The van der Waals surface area contributed by atoms with E-state index < -0.39 is 11.8 Å². The van der Waals surface area contributed by atoms with Gasteiger partial charge in [-0.1, -0.05) is 0 Å². The molecule has 2 rings (SSSR count). The highest BCUT2D eigenvalue weighted by Crippen LogP contribution is 2.29. The first kappa shape index (κ1) is 21.4. The van der Waals surface area contributed by atoms with Crippen molar-refractivity contribution in [1.29, 1.82) is 0 Å². The number of amides is 2. The minimum absolute atomic E-state index is 0.0275. The number of hydrazine groups is 1. The number of thioether (sulfide) groups is 1. The van der Waals surface area contributed by atoms with E-state index in [9.17, 15) is 9.59 Å². The van der Waals surface area contributed by atoms with Gasteiger partial charge in [-0.3, -0.25) is 20.4 Å². The smallest absolute Gasteiger partial charge is 0.273 e. The zero-order chi connectivity index (χ0) is 20.7. The van der Waals surface area contributed by atoms with Crippen LogP contribution >= 0.6 is 11.8 Å². The molecule has 2 aromatic carbocycles. The molecule has 2 N–H and O–H groups in total. The number of methoxy groups -OCH3 is 2. The fourth-order valence-corrected chi connectivity index (χ4v) is 2.83. The Morgan fingerprint density at radius 1 is 0.893 bits per heavy atom. The van der Waals surface area contributed by atoms with Crippen molar-refractivity contribution in [2.24, 2.45) is 0 Å². The molecule has 0 aliphatic heterocycles. The second-order valence-corrected chi connectivity index (χ2v) is 6.89. The van der Waals surface area contributed by atoms with Crippen LogP contribution in [0, 0.1) is 0 Å². The van der Waals surface area contributed by atoms with Crippen molar-refractivity contribution in [3.63, 3.8) is 0 Å².